The summed E-state index contributed by atoms with van der Waals surface area (Å²) in [6.07, 6.45) is -2.74. The van der Waals surface area contributed by atoms with Crippen molar-refractivity contribution in [3.8, 4) is 5.75 Å². The van der Waals surface area contributed by atoms with Crippen molar-refractivity contribution in [3.05, 3.63) is 95.2 Å². The molecule has 2 heterocycles. The number of nitrogens with zero attached hydrogens (tertiary/aromatic N) is 2. The minimum atomic E-state index is -4.44. The summed E-state index contributed by atoms with van der Waals surface area (Å²) in [5.74, 6) is -0.615. The highest BCUT2D eigenvalue weighted by atomic mass is 19.4. The van der Waals surface area contributed by atoms with Gasteiger partial charge in [0.25, 0.3) is 5.91 Å². The van der Waals surface area contributed by atoms with E-state index >= 15 is 0 Å². The number of alkyl halides is 3. The van der Waals surface area contributed by atoms with Gasteiger partial charge < -0.3 is 19.3 Å². The summed E-state index contributed by atoms with van der Waals surface area (Å²) in [5.41, 5.74) is 2.46. The van der Waals surface area contributed by atoms with Crippen LogP contribution in [0, 0.1) is 0 Å². The summed E-state index contributed by atoms with van der Waals surface area (Å²) in [7, 11) is 0. The van der Waals surface area contributed by atoms with Crippen LogP contribution in [0.4, 0.5) is 18.9 Å². The van der Waals surface area contributed by atoms with Crippen molar-refractivity contribution in [2.75, 3.05) is 4.90 Å². The molecule has 35 heavy (non-hydrogen) atoms. The standard InChI is InChI=1S/C26H19F3N2O4/c27-26(28,29)18-4-6-19(7-5-18)31-13-22-17(2-1-3-21(22)25(31)34)15-35-20-8-9-23-16(12-20)10-11-30(23)14-24(32)33/h1-12H,13-15H2,(H,32,33). The molecule has 3 aromatic carbocycles. The Kier molecular flexibility index (Phi) is 5.47. The Hall–Kier alpha value is -4.27. The molecule has 0 unspecified atom stereocenters. The average molecular weight is 480 g/mol. The van der Waals surface area contributed by atoms with E-state index in [0.29, 0.717) is 17.0 Å². The Morgan fingerprint density at radius 2 is 1.80 bits per heavy atom. The van der Waals surface area contributed by atoms with Gasteiger partial charge in [-0.25, -0.2) is 0 Å². The number of carbonyl (C=O) groups is 2. The number of fused-ring (bicyclic) bond motifs is 2. The van der Waals surface area contributed by atoms with E-state index in [1.54, 1.807) is 35.0 Å². The highest BCUT2D eigenvalue weighted by Crippen LogP contribution is 2.34. The van der Waals surface area contributed by atoms with Crippen molar-refractivity contribution in [2.24, 2.45) is 0 Å². The Balaban J connectivity index is 1.34. The second-order valence-corrected chi connectivity index (χ2v) is 8.23. The predicted octanol–water partition coefficient (Wildman–Crippen LogP) is 5.48. The van der Waals surface area contributed by atoms with Gasteiger partial charge in [0.1, 0.15) is 18.9 Å². The van der Waals surface area contributed by atoms with Crippen LogP contribution in [0.1, 0.15) is 27.0 Å². The Bertz CT molecular complexity index is 1440. The molecule has 0 radical (unpaired) electrons. The first-order chi connectivity index (χ1) is 16.7. The molecule has 1 amide bonds. The lowest BCUT2D eigenvalue weighted by Gasteiger charge is -2.17. The monoisotopic (exact) mass is 480 g/mol. The quantitative estimate of drug-likeness (QED) is 0.397. The number of benzene rings is 3. The Labute approximate surface area is 197 Å². The van der Waals surface area contributed by atoms with Crippen LogP contribution in [0.25, 0.3) is 10.9 Å². The summed E-state index contributed by atoms with van der Waals surface area (Å²) >= 11 is 0. The first kappa shape index (κ1) is 22.5. The number of aliphatic carboxylic acids is 1. The fourth-order valence-corrected chi connectivity index (χ4v) is 4.28. The molecule has 1 aliphatic heterocycles. The first-order valence-corrected chi connectivity index (χ1v) is 10.7. The molecule has 1 N–H and O–H groups in total. The summed E-state index contributed by atoms with van der Waals surface area (Å²) in [6, 6.07) is 17.0. The fraction of sp³-hybridized carbons (Fsp3) is 0.154. The van der Waals surface area contributed by atoms with E-state index in [4.69, 9.17) is 9.84 Å². The molecular formula is C26H19F3N2O4. The largest absolute Gasteiger partial charge is 0.489 e. The second kappa shape index (κ2) is 8.50. The number of hydrogen-bond donors (Lipinski definition) is 1. The molecule has 0 atom stereocenters. The third-order valence-electron chi connectivity index (χ3n) is 6.01. The molecular weight excluding hydrogens is 461 g/mol. The topological polar surface area (TPSA) is 71.8 Å². The Morgan fingerprint density at radius 3 is 2.51 bits per heavy atom. The van der Waals surface area contributed by atoms with Crippen molar-refractivity contribution < 1.29 is 32.6 Å². The molecule has 1 aromatic heterocycles. The Morgan fingerprint density at radius 1 is 1.03 bits per heavy atom. The van der Waals surface area contributed by atoms with Gasteiger partial charge in [0.05, 0.1) is 12.1 Å². The van der Waals surface area contributed by atoms with E-state index in [1.165, 1.54) is 17.0 Å². The maximum Gasteiger partial charge on any atom is 0.416 e. The SMILES string of the molecule is O=C(O)Cn1ccc2cc(OCc3cccc4c3CN(c3ccc(C(F)(F)F)cc3)C4=O)ccc21. The molecule has 0 bridgehead atoms. The number of rotatable bonds is 6. The van der Waals surface area contributed by atoms with Gasteiger partial charge >= 0.3 is 12.1 Å². The average Bonchev–Trinajstić information content (AvgIpc) is 3.37. The molecule has 9 heteroatoms. The molecule has 6 nitrogen and oxygen atoms in total. The van der Waals surface area contributed by atoms with Gasteiger partial charge in [-0.1, -0.05) is 12.1 Å². The minimum Gasteiger partial charge on any atom is -0.489 e. The number of aromatic nitrogens is 1. The number of ether oxygens (including phenoxy) is 1. The van der Waals surface area contributed by atoms with Gasteiger partial charge in [0.15, 0.2) is 0 Å². The third kappa shape index (κ3) is 4.32. The van der Waals surface area contributed by atoms with Crippen LogP contribution in [-0.4, -0.2) is 21.6 Å². The number of hydrogen-bond acceptors (Lipinski definition) is 3. The molecule has 0 spiro atoms. The van der Waals surface area contributed by atoms with E-state index in [2.05, 4.69) is 0 Å². The van der Waals surface area contributed by atoms with Crippen molar-refractivity contribution in [1.29, 1.82) is 0 Å². The minimum absolute atomic E-state index is 0.136. The van der Waals surface area contributed by atoms with Crippen LogP contribution in [0.15, 0.2) is 72.9 Å². The summed E-state index contributed by atoms with van der Waals surface area (Å²) in [5, 5.41) is 9.86. The maximum absolute atomic E-state index is 12.9. The van der Waals surface area contributed by atoms with Gasteiger partial charge in [-0.3, -0.25) is 9.59 Å². The molecule has 178 valence electrons. The lowest BCUT2D eigenvalue weighted by atomic mass is 10.0. The van der Waals surface area contributed by atoms with E-state index in [9.17, 15) is 22.8 Å². The molecule has 1 aliphatic rings. The van der Waals surface area contributed by atoms with Gasteiger partial charge in [-0.15, -0.1) is 0 Å². The van der Waals surface area contributed by atoms with Crippen molar-refractivity contribution >= 4 is 28.5 Å². The van der Waals surface area contributed by atoms with Crippen LogP contribution in [0.3, 0.4) is 0 Å². The van der Waals surface area contributed by atoms with Gasteiger partial charge in [-0.2, -0.15) is 13.2 Å². The number of carboxylic acids is 1. The van der Waals surface area contributed by atoms with Crippen LogP contribution >= 0.6 is 0 Å². The van der Waals surface area contributed by atoms with Crippen LogP contribution in [0.5, 0.6) is 5.75 Å². The van der Waals surface area contributed by atoms with E-state index in [0.717, 1.165) is 34.2 Å². The highest BCUT2D eigenvalue weighted by molar-refractivity contribution is 6.10. The smallest absolute Gasteiger partial charge is 0.416 e. The summed E-state index contributed by atoms with van der Waals surface area (Å²) in [6.45, 7) is 0.290. The number of anilines is 1. The number of carboxylic acid groups (broad SMARTS) is 1. The second-order valence-electron chi connectivity index (χ2n) is 8.23. The number of carbonyl (C=O) groups excluding carboxylic acids is 1. The highest BCUT2D eigenvalue weighted by Gasteiger charge is 2.33. The molecule has 0 aliphatic carbocycles. The molecule has 0 saturated carbocycles. The molecule has 4 aromatic rings. The fourth-order valence-electron chi connectivity index (χ4n) is 4.28. The zero-order valence-electron chi connectivity index (χ0n) is 18.2. The molecule has 0 fully saturated rings. The predicted molar refractivity (Wildman–Crippen MR) is 122 cm³/mol. The van der Waals surface area contributed by atoms with Crippen molar-refractivity contribution in [2.45, 2.75) is 25.9 Å². The molecule has 5 rings (SSSR count). The summed E-state index contributed by atoms with van der Waals surface area (Å²) in [4.78, 5) is 25.4. The van der Waals surface area contributed by atoms with Crippen LogP contribution in [-0.2, 0) is 30.7 Å². The van der Waals surface area contributed by atoms with Gasteiger partial charge in [0, 0.05) is 28.4 Å². The van der Waals surface area contributed by atoms with Crippen LogP contribution in [0.2, 0.25) is 0 Å². The van der Waals surface area contributed by atoms with E-state index in [-0.39, 0.29) is 25.6 Å². The van der Waals surface area contributed by atoms with E-state index < -0.39 is 17.7 Å². The van der Waals surface area contributed by atoms with Crippen molar-refractivity contribution in [3.63, 3.8) is 0 Å². The zero-order chi connectivity index (χ0) is 24.7. The first-order valence-electron chi connectivity index (χ1n) is 10.7. The van der Waals surface area contributed by atoms with Gasteiger partial charge in [0.2, 0.25) is 0 Å². The molecule has 0 saturated heterocycles. The maximum atomic E-state index is 12.9. The number of amides is 1. The third-order valence-corrected chi connectivity index (χ3v) is 6.01. The van der Waals surface area contributed by atoms with E-state index in [1.807, 2.05) is 18.2 Å². The normalized spacial score (nSPS) is 13.3. The number of halogens is 3. The van der Waals surface area contributed by atoms with Crippen LogP contribution < -0.4 is 9.64 Å². The lowest BCUT2D eigenvalue weighted by Crippen LogP contribution is -2.23. The van der Waals surface area contributed by atoms with Crippen molar-refractivity contribution in [1.82, 2.24) is 4.57 Å². The lowest BCUT2D eigenvalue weighted by molar-refractivity contribution is -0.138. The summed E-state index contributed by atoms with van der Waals surface area (Å²) < 4.78 is 46.3. The van der Waals surface area contributed by atoms with Gasteiger partial charge in [-0.05, 0) is 65.7 Å². The zero-order valence-corrected chi connectivity index (χ0v) is 18.2.